The molecule has 0 radical (unpaired) electrons. The molecule has 6 nitrogen and oxygen atoms in total. The molecule has 3 heterocycles. The van der Waals surface area contributed by atoms with E-state index >= 15 is 0 Å². The number of nitrogens with zero attached hydrogens (tertiary/aromatic N) is 5. The number of benzene rings is 1. The summed E-state index contributed by atoms with van der Waals surface area (Å²) in [6.45, 7) is 4.98. The molecule has 2 fully saturated rings. The van der Waals surface area contributed by atoms with Crippen LogP contribution in [0.3, 0.4) is 0 Å². The Hall–Kier alpha value is -2.34. The van der Waals surface area contributed by atoms with Crippen molar-refractivity contribution in [3.8, 4) is 0 Å². The fourth-order valence-electron chi connectivity index (χ4n) is 3.90. The van der Waals surface area contributed by atoms with E-state index < -0.39 is 0 Å². The monoisotopic (exact) mass is 399 g/mol. The first kappa shape index (κ1) is 19.0. The fraction of sp³-hybridized carbons (Fsp3) is 0.476. The maximum Gasteiger partial charge on any atom is 0.254 e. The summed E-state index contributed by atoms with van der Waals surface area (Å²) in [4.78, 5) is 19.1. The van der Waals surface area contributed by atoms with Gasteiger partial charge in [-0.25, -0.2) is 0 Å². The number of carbonyl (C=O) groups excluding carboxylic acids is 1. The molecule has 0 N–H and O–H groups in total. The van der Waals surface area contributed by atoms with E-state index in [0.717, 1.165) is 37.8 Å². The summed E-state index contributed by atoms with van der Waals surface area (Å²) >= 11 is 6.01. The second-order valence-corrected chi connectivity index (χ2v) is 7.88. The topological polar surface area (TPSA) is 52.6 Å². The van der Waals surface area contributed by atoms with Crippen molar-refractivity contribution in [3.63, 3.8) is 0 Å². The standard InChI is InChI=1S/C21H26ClN5O/c22-18-7-5-6-17(16-18)21(28)27-14-12-26(13-15-27)20-9-8-19(23-24-20)25-10-3-1-2-4-11-25/h5-9,16H,1-4,10-15H2. The number of rotatable bonds is 3. The summed E-state index contributed by atoms with van der Waals surface area (Å²) < 4.78 is 0. The van der Waals surface area contributed by atoms with E-state index in [1.165, 1.54) is 25.7 Å². The van der Waals surface area contributed by atoms with E-state index in [-0.39, 0.29) is 5.91 Å². The van der Waals surface area contributed by atoms with Crippen molar-refractivity contribution < 1.29 is 4.79 Å². The second kappa shape index (κ2) is 8.78. The molecule has 0 spiro atoms. The highest BCUT2D eigenvalue weighted by Gasteiger charge is 2.23. The molecule has 7 heteroatoms. The quantitative estimate of drug-likeness (QED) is 0.790. The number of piperazine rings is 1. The molecule has 1 aromatic heterocycles. The minimum Gasteiger partial charge on any atom is -0.355 e. The lowest BCUT2D eigenvalue weighted by atomic mass is 10.2. The molecule has 2 aromatic rings. The number of carbonyl (C=O) groups is 1. The molecular weight excluding hydrogens is 374 g/mol. The van der Waals surface area contributed by atoms with Gasteiger partial charge in [-0.15, -0.1) is 10.2 Å². The van der Waals surface area contributed by atoms with Crippen LogP contribution in [0.4, 0.5) is 11.6 Å². The molecule has 1 aromatic carbocycles. The van der Waals surface area contributed by atoms with Gasteiger partial charge in [-0.1, -0.05) is 30.5 Å². The molecule has 0 unspecified atom stereocenters. The summed E-state index contributed by atoms with van der Waals surface area (Å²) in [5.74, 6) is 1.89. The van der Waals surface area contributed by atoms with E-state index in [2.05, 4.69) is 32.1 Å². The normalized spacial score (nSPS) is 18.1. The van der Waals surface area contributed by atoms with Gasteiger partial charge in [-0.05, 0) is 43.2 Å². The minimum absolute atomic E-state index is 0.0322. The van der Waals surface area contributed by atoms with Gasteiger partial charge < -0.3 is 14.7 Å². The number of anilines is 2. The van der Waals surface area contributed by atoms with Crippen LogP contribution in [-0.4, -0.2) is 60.3 Å². The molecule has 0 atom stereocenters. The average Bonchev–Trinajstić information content (AvgIpc) is 3.03. The molecule has 0 aliphatic carbocycles. The van der Waals surface area contributed by atoms with Crippen LogP contribution in [-0.2, 0) is 0 Å². The highest BCUT2D eigenvalue weighted by atomic mass is 35.5. The summed E-state index contributed by atoms with van der Waals surface area (Å²) in [5, 5.41) is 9.52. The van der Waals surface area contributed by atoms with E-state index in [4.69, 9.17) is 11.6 Å². The van der Waals surface area contributed by atoms with Gasteiger partial charge in [-0.3, -0.25) is 4.79 Å². The van der Waals surface area contributed by atoms with E-state index in [9.17, 15) is 4.79 Å². The van der Waals surface area contributed by atoms with Gasteiger partial charge in [-0.2, -0.15) is 0 Å². The van der Waals surface area contributed by atoms with Crippen LogP contribution >= 0.6 is 11.6 Å². The number of hydrogen-bond donors (Lipinski definition) is 0. The van der Waals surface area contributed by atoms with E-state index in [0.29, 0.717) is 23.7 Å². The summed E-state index contributed by atoms with van der Waals surface area (Å²) in [5.41, 5.74) is 0.641. The van der Waals surface area contributed by atoms with Crippen LogP contribution in [0.25, 0.3) is 0 Å². The largest absolute Gasteiger partial charge is 0.355 e. The molecule has 148 valence electrons. The molecule has 2 saturated heterocycles. The molecule has 0 saturated carbocycles. The number of aromatic nitrogens is 2. The summed E-state index contributed by atoms with van der Waals surface area (Å²) in [7, 11) is 0. The predicted molar refractivity (Wildman–Crippen MR) is 112 cm³/mol. The maximum absolute atomic E-state index is 12.7. The van der Waals surface area contributed by atoms with Gasteiger partial charge in [0.1, 0.15) is 0 Å². The second-order valence-electron chi connectivity index (χ2n) is 7.44. The zero-order chi connectivity index (χ0) is 19.3. The number of halogens is 1. The lowest BCUT2D eigenvalue weighted by Crippen LogP contribution is -2.49. The smallest absolute Gasteiger partial charge is 0.254 e. The third kappa shape index (κ3) is 4.38. The van der Waals surface area contributed by atoms with Gasteiger partial charge >= 0.3 is 0 Å². The molecule has 2 aliphatic rings. The number of amides is 1. The van der Waals surface area contributed by atoms with Crippen molar-refractivity contribution in [3.05, 3.63) is 47.0 Å². The summed E-state index contributed by atoms with van der Waals surface area (Å²) in [6, 6.07) is 11.3. The Balaban J connectivity index is 1.35. The highest BCUT2D eigenvalue weighted by Crippen LogP contribution is 2.20. The van der Waals surface area contributed by atoms with Gasteiger partial charge in [0.2, 0.25) is 0 Å². The SMILES string of the molecule is O=C(c1cccc(Cl)c1)N1CCN(c2ccc(N3CCCCCC3)nn2)CC1. The Morgan fingerprint density at radius 2 is 1.39 bits per heavy atom. The van der Waals surface area contributed by atoms with Crippen LogP contribution in [0, 0.1) is 0 Å². The lowest BCUT2D eigenvalue weighted by Gasteiger charge is -2.35. The Kier molecular flexibility index (Phi) is 5.95. The fourth-order valence-corrected chi connectivity index (χ4v) is 4.09. The summed E-state index contributed by atoms with van der Waals surface area (Å²) in [6.07, 6.45) is 5.07. The first-order valence-corrected chi connectivity index (χ1v) is 10.5. The van der Waals surface area contributed by atoms with Gasteiger partial charge in [0, 0.05) is 49.9 Å². The third-order valence-corrected chi connectivity index (χ3v) is 5.76. The molecule has 28 heavy (non-hydrogen) atoms. The van der Waals surface area contributed by atoms with Crippen LogP contribution in [0.2, 0.25) is 5.02 Å². The van der Waals surface area contributed by atoms with Crippen LogP contribution in [0.15, 0.2) is 36.4 Å². The lowest BCUT2D eigenvalue weighted by molar-refractivity contribution is 0.0746. The van der Waals surface area contributed by atoms with Crippen LogP contribution in [0.1, 0.15) is 36.0 Å². The van der Waals surface area contributed by atoms with E-state index in [1.807, 2.05) is 17.0 Å². The Morgan fingerprint density at radius 1 is 0.786 bits per heavy atom. The molecule has 0 bridgehead atoms. The Labute approximate surface area is 171 Å². The molecule has 4 rings (SSSR count). The van der Waals surface area contributed by atoms with Gasteiger partial charge in [0.25, 0.3) is 5.91 Å². The van der Waals surface area contributed by atoms with Crippen LogP contribution < -0.4 is 9.80 Å². The van der Waals surface area contributed by atoms with E-state index in [1.54, 1.807) is 12.1 Å². The van der Waals surface area contributed by atoms with Crippen molar-refractivity contribution in [2.45, 2.75) is 25.7 Å². The molecule has 2 aliphatic heterocycles. The van der Waals surface area contributed by atoms with Gasteiger partial charge in [0.05, 0.1) is 0 Å². The third-order valence-electron chi connectivity index (χ3n) is 5.53. The first-order valence-electron chi connectivity index (χ1n) is 10.1. The zero-order valence-electron chi connectivity index (χ0n) is 16.1. The minimum atomic E-state index is 0.0322. The highest BCUT2D eigenvalue weighted by molar-refractivity contribution is 6.30. The average molecular weight is 400 g/mol. The molecular formula is C21H26ClN5O. The van der Waals surface area contributed by atoms with Crippen molar-refractivity contribution in [1.82, 2.24) is 15.1 Å². The van der Waals surface area contributed by atoms with Crippen molar-refractivity contribution in [1.29, 1.82) is 0 Å². The van der Waals surface area contributed by atoms with Crippen molar-refractivity contribution in [2.75, 3.05) is 49.1 Å². The maximum atomic E-state index is 12.7. The predicted octanol–water partition coefficient (Wildman–Crippen LogP) is 3.47. The zero-order valence-corrected chi connectivity index (χ0v) is 16.8. The Morgan fingerprint density at radius 3 is 1.96 bits per heavy atom. The van der Waals surface area contributed by atoms with Crippen molar-refractivity contribution >= 4 is 29.1 Å². The number of hydrogen-bond acceptors (Lipinski definition) is 5. The molecule has 1 amide bonds. The Bertz CT molecular complexity index is 797. The van der Waals surface area contributed by atoms with Crippen LogP contribution in [0.5, 0.6) is 0 Å². The first-order chi connectivity index (χ1) is 13.7. The van der Waals surface area contributed by atoms with Gasteiger partial charge in [0.15, 0.2) is 11.6 Å². The van der Waals surface area contributed by atoms with Crippen molar-refractivity contribution in [2.24, 2.45) is 0 Å².